The zero-order valence-electron chi connectivity index (χ0n) is 11.2. The first-order chi connectivity index (χ1) is 10.1. The second-order valence-electron chi connectivity index (χ2n) is 4.77. The lowest BCUT2D eigenvalue weighted by Gasteiger charge is -2.11. The van der Waals surface area contributed by atoms with Crippen LogP contribution in [0.5, 0.6) is 5.75 Å². The zero-order valence-corrected chi connectivity index (χ0v) is 12.7. The van der Waals surface area contributed by atoms with Crippen molar-refractivity contribution in [3.8, 4) is 5.75 Å². The predicted octanol–water partition coefficient (Wildman–Crippen LogP) is 4.46. The lowest BCUT2D eigenvalue weighted by atomic mass is 10.0. The number of fused-ring (bicyclic) bond motifs is 1. The molecule has 2 aromatic rings. The summed E-state index contributed by atoms with van der Waals surface area (Å²) in [6.45, 7) is 0. The smallest absolute Gasteiger partial charge is 0.337 e. The van der Waals surface area contributed by atoms with Gasteiger partial charge < -0.3 is 9.47 Å². The van der Waals surface area contributed by atoms with Crippen LogP contribution in [0.2, 0.25) is 10.0 Å². The molecule has 1 unspecified atom stereocenters. The summed E-state index contributed by atoms with van der Waals surface area (Å²) in [4.78, 5) is 11.6. The first-order valence-electron chi connectivity index (χ1n) is 6.42. The van der Waals surface area contributed by atoms with Crippen molar-refractivity contribution >= 4 is 29.2 Å². The van der Waals surface area contributed by atoms with Gasteiger partial charge in [-0.1, -0.05) is 35.3 Å². The molecule has 1 aliphatic rings. The minimum atomic E-state index is -0.367. The van der Waals surface area contributed by atoms with Gasteiger partial charge in [-0.25, -0.2) is 4.79 Å². The van der Waals surface area contributed by atoms with Crippen molar-refractivity contribution in [3.05, 3.63) is 63.1 Å². The number of esters is 1. The van der Waals surface area contributed by atoms with Crippen molar-refractivity contribution in [2.24, 2.45) is 0 Å². The Labute approximate surface area is 132 Å². The normalized spacial score (nSPS) is 16.2. The van der Waals surface area contributed by atoms with Crippen LogP contribution in [-0.4, -0.2) is 13.1 Å². The summed E-state index contributed by atoms with van der Waals surface area (Å²) in [6.07, 6.45) is 0.444. The molecule has 1 aliphatic heterocycles. The van der Waals surface area contributed by atoms with Crippen LogP contribution in [0.1, 0.15) is 27.6 Å². The van der Waals surface area contributed by atoms with Crippen LogP contribution in [0.3, 0.4) is 0 Å². The number of methoxy groups -OCH3 is 1. The molecule has 0 aliphatic carbocycles. The number of hydrogen-bond acceptors (Lipinski definition) is 3. The third-order valence-corrected chi connectivity index (χ3v) is 4.33. The van der Waals surface area contributed by atoms with E-state index in [4.69, 9.17) is 32.7 Å². The maximum Gasteiger partial charge on any atom is 0.337 e. The molecule has 0 aromatic heterocycles. The Balaban J connectivity index is 1.91. The van der Waals surface area contributed by atoms with Gasteiger partial charge in [-0.3, -0.25) is 0 Å². The van der Waals surface area contributed by atoms with Crippen LogP contribution in [0.25, 0.3) is 0 Å². The molecule has 0 bridgehead atoms. The fourth-order valence-corrected chi connectivity index (χ4v) is 2.84. The van der Waals surface area contributed by atoms with E-state index in [1.54, 1.807) is 18.2 Å². The van der Waals surface area contributed by atoms with E-state index in [0.717, 1.165) is 16.9 Å². The Morgan fingerprint density at radius 3 is 2.86 bits per heavy atom. The van der Waals surface area contributed by atoms with E-state index in [2.05, 4.69) is 0 Å². The van der Waals surface area contributed by atoms with E-state index < -0.39 is 0 Å². The molecule has 1 heterocycles. The number of carbonyl (C=O) groups is 1. The summed E-state index contributed by atoms with van der Waals surface area (Å²) in [6, 6.07) is 10.7. The third kappa shape index (κ3) is 2.59. The molecule has 0 radical (unpaired) electrons. The topological polar surface area (TPSA) is 35.5 Å². The van der Waals surface area contributed by atoms with E-state index in [-0.39, 0.29) is 12.1 Å². The Morgan fingerprint density at radius 2 is 2.10 bits per heavy atom. The van der Waals surface area contributed by atoms with Crippen LogP contribution < -0.4 is 4.74 Å². The summed E-state index contributed by atoms with van der Waals surface area (Å²) >= 11 is 12.2. The Hall–Kier alpha value is -1.71. The molecule has 3 rings (SSSR count). The standard InChI is InChI=1S/C16H12Cl2O3/c1-20-16(19)10-4-2-3-9(7-10)14-8-11-13(21-14)6-5-12(17)15(11)18/h2-7,14H,8H2,1H3. The van der Waals surface area contributed by atoms with Crippen LogP contribution >= 0.6 is 23.2 Å². The van der Waals surface area contributed by atoms with Crippen molar-refractivity contribution in [1.82, 2.24) is 0 Å². The second-order valence-corrected chi connectivity index (χ2v) is 5.55. The highest BCUT2D eigenvalue weighted by Crippen LogP contribution is 2.43. The van der Waals surface area contributed by atoms with Gasteiger partial charge in [0.25, 0.3) is 0 Å². The maximum absolute atomic E-state index is 11.6. The van der Waals surface area contributed by atoms with E-state index in [1.807, 2.05) is 18.2 Å². The molecule has 5 heteroatoms. The van der Waals surface area contributed by atoms with Crippen molar-refractivity contribution in [2.75, 3.05) is 7.11 Å². The Kier molecular flexibility index (Phi) is 3.79. The molecule has 0 N–H and O–H groups in total. The molecule has 21 heavy (non-hydrogen) atoms. The van der Waals surface area contributed by atoms with Gasteiger partial charge in [-0.05, 0) is 29.8 Å². The van der Waals surface area contributed by atoms with Gasteiger partial charge in [-0.15, -0.1) is 0 Å². The number of carbonyl (C=O) groups excluding carboxylic acids is 1. The van der Waals surface area contributed by atoms with Gasteiger partial charge in [0, 0.05) is 12.0 Å². The van der Waals surface area contributed by atoms with E-state index in [0.29, 0.717) is 22.0 Å². The summed E-state index contributed by atoms with van der Waals surface area (Å²) in [5.74, 6) is 0.367. The van der Waals surface area contributed by atoms with Gasteiger partial charge >= 0.3 is 5.97 Å². The average molecular weight is 323 g/mol. The van der Waals surface area contributed by atoms with Crippen LogP contribution in [0, 0.1) is 0 Å². The van der Waals surface area contributed by atoms with Crippen LogP contribution in [0.4, 0.5) is 0 Å². The Morgan fingerprint density at radius 1 is 1.29 bits per heavy atom. The number of ether oxygens (including phenoxy) is 2. The van der Waals surface area contributed by atoms with Gasteiger partial charge in [0.05, 0.1) is 22.7 Å². The minimum absolute atomic E-state index is 0.180. The van der Waals surface area contributed by atoms with Crippen molar-refractivity contribution in [2.45, 2.75) is 12.5 Å². The first-order valence-corrected chi connectivity index (χ1v) is 7.17. The van der Waals surface area contributed by atoms with E-state index in [9.17, 15) is 4.79 Å². The summed E-state index contributed by atoms with van der Waals surface area (Å²) in [5.41, 5.74) is 2.30. The molecule has 0 spiro atoms. The molecule has 108 valence electrons. The summed E-state index contributed by atoms with van der Waals surface area (Å²) in [5, 5.41) is 1.05. The highest BCUT2D eigenvalue weighted by Gasteiger charge is 2.27. The molecule has 0 fully saturated rings. The molecular weight excluding hydrogens is 311 g/mol. The van der Waals surface area contributed by atoms with Crippen molar-refractivity contribution in [1.29, 1.82) is 0 Å². The van der Waals surface area contributed by atoms with Gasteiger partial charge in [0.1, 0.15) is 11.9 Å². The van der Waals surface area contributed by atoms with Crippen molar-refractivity contribution < 1.29 is 14.3 Å². The number of rotatable bonds is 2. The molecule has 0 saturated carbocycles. The SMILES string of the molecule is COC(=O)c1cccc(C2Cc3c(ccc(Cl)c3Cl)O2)c1. The molecule has 2 aromatic carbocycles. The van der Waals surface area contributed by atoms with Crippen LogP contribution in [-0.2, 0) is 11.2 Å². The highest BCUT2D eigenvalue weighted by molar-refractivity contribution is 6.42. The average Bonchev–Trinajstić information content (AvgIpc) is 2.95. The molecule has 3 nitrogen and oxygen atoms in total. The molecule has 0 amide bonds. The first kappa shape index (κ1) is 14.2. The lowest BCUT2D eigenvalue weighted by molar-refractivity contribution is 0.0600. The quantitative estimate of drug-likeness (QED) is 0.766. The van der Waals surface area contributed by atoms with Crippen molar-refractivity contribution in [3.63, 3.8) is 0 Å². The van der Waals surface area contributed by atoms with E-state index >= 15 is 0 Å². The van der Waals surface area contributed by atoms with Gasteiger partial charge in [0.2, 0.25) is 0 Å². The molecular formula is C16H12Cl2O3. The van der Waals surface area contributed by atoms with Gasteiger partial charge in [0.15, 0.2) is 0 Å². The molecule has 0 saturated heterocycles. The Bertz CT molecular complexity index is 713. The fourth-order valence-electron chi connectivity index (χ4n) is 2.43. The third-order valence-electron chi connectivity index (χ3n) is 3.49. The maximum atomic E-state index is 11.6. The summed E-state index contributed by atoms with van der Waals surface area (Å²) < 4.78 is 10.6. The largest absolute Gasteiger partial charge is 0.485 e. The number of hydrogen-bond donors (Lipinski definition) is 0. The number of halogens is 2. The highest BCUT2D eigenvalue weighted by atomic mass is 35.5. The fraction of sp³-hybridized carbons (Fsp3) is 0.188. The van der Waals surface area contributed by atoms with Crippen LogP contribution in [0.15, 0.2) is 36.4 Å². The second kappa shape index (κ2) is 5.58. The summed E-state index contributed by atoms with van der Waals surface area (Å²) in [7, 11) is 1.36. The predicted molar refractivity (Wildman–Crippen MR) is 81.3 cm³/mol. The van der Waals surface area contributed by atoms with E-state index in [1.165, 1.54) is 7.11 Å². The monoisotopic (exact) mass is 322 g/mol. The minimum Gasteiger partial charge on any atom is -0.485 e. The number of benzene rings is 2. The lowest BCUT2D eigenvalue weighted by Crippen LogP contribution is -2.06. The van der Waals surface area contributed by atoms with Gasteiger partial charge in [-0.2, -0.15) is 0 Å². The zero-order chi connectivity index (χ0) is 15.0. The molecule has 1 atom stereocenters.